The van der Waals surface area contributed by atoms with Gasteiger partial charge in [-0.05, 0) is 35.4 Å². The molecule has 1 heterocycles. The molecule has 0 N–H and O–H groups in total. The fourth-order valence-corrected chi connectivity index (χ4v) is 3.24. The minimum Gasteiger partial charge on any atom is -0.488 e. The van der Waals surface area contributed by atoms with E-state index in [0.717, 1.165) is 16.7 Å². The van der Waals surface area contributed by atoms with Crippen molar-refractivity contribution in [3.63, 3.8) is 0 Å². The Morgan fingerprint density at radius 2 is 1.71 bits per heavy atom. The van der Waals surface area contributed by atoms with Gasteiger partial charge in [0.1, 0.15) is 19.0 Å². The van der Waals surface area contributed by atoms with Crippen molar-refractivity contribution in [2.45, 2.75) is 19.6 Å². The quantitative estimate of drug-likeness (QED) is 0.601. The first-order valence-electron chi connectivity index (χ1n) is 8.88. The summed E-state index contributed by atoms with van der Waals surface area (Å²) >= 11 is 5.85. The van der Waals surface area contributed by atoms with E-state index in [1.807, 2.05) is 30.3 Å². The van der Waals surface area contributed by atoms with Crippen molar-refractivity contribution in [3.8, 4) is 5.75 Å². The third-order valence-corrected chi connectivity index (χ3v) is 4.85. The Morgan fingerprint density at radius 1 is 0.964 bits per heavy atom. The molecule has 140 valence electrons. The molecule has 28 heavy (non-hydrogen) atoms. The monoisotopic (exact) mass is 392 g/mol. The molecule has 0 aromatic heterocycles. The summed E-state index contributed by atoms with van der Waals surface area (Å²) in [7, 11) is 0. The van der Waals surface area contributed by atoms with E-state index in [-0.39, 0.29) is 24.8 Å². The molecule has 5 heteroatoms. The molecular formula is C23H17ClO4. The van der Waals surface area contributed by atoms with Crippen LogP contribution in [0.25, 0.3) is 0 Å². The van der Waals surface area contributed by atoms with Crippen molar-refractivity contribution >= 4 is 23.4 Å². The lowest BCUT2D eigenvalue weighted by atomic mass is 9.98. The number of carbonyl (C=O) groups excluding carboxylic acids is 2. The van der Waals surface area contributed by atoms with Gasteiger partial charge in [0.2, 0.25) is 0 Å². The van der Waals surface area contributed by atoms with E-state index in [9.17, 15) is 9.59 Å². The van der Waals surface area contributed by atoms with E-state index in [4.69, 9.17) is 21.1 Å². The largest absolute Gasteiger partial charge is 0.488 e. The Morgan fingerprint density at radius 3 is 2.54 bits per heavy atom. The number of hydrogen-bond acceptors (Lipinski definition) is 4. The van der Waals surface area contributed by atoms with E-state index in [2.05, 4.69) is 0 Å². The average molecular weight is 393 g/mol. The zero-order chi connectivity index (χ0) is 19.5. The zero-order valence-corrected chi connectivity index (χ0v) is 15.7. The van der Waals surface area contributed by atoms with Crippen LogP contribution in [-0.4, -0.2) is 11.8 Å². The van der Waals surface area contributed by atoms with E-state index < -0.39 is 0 Å². The molecule has 0 spiro atoms. The van der Waals surface area contributed by atoms with Crippen molar-refractivity contribution < 1.29 is 19.1 Å². The lowest BCUT2D eigenvalue weighted by Crippen LogP contribution is -2.09. The second kappa shape index (κ2) is 7.87. The van der Waals surface area contributed by atoms with Gasteiger partial charge in [-0.25, -0.2) is 0 Å². The van der Waals surface area contributed by atoms with Crippen molar-refractivity contribution in [3.05, 3.63) is 99.6 Å². The molecule has 0 atom stereocenters. The molecule has 0 unspecified atom stereocenters. The van der Waals surface area contributed by atoms with E-state index >= 15 is 0 Å². The minimum atomic E-state index is -0.349. The predicted molar refractivity (Wildman–Crippen MR) is 106 cm³/mol. The van der Waals surface area contributed by atoms with Crippen LogP contribution in [0.4, 0.5) is 0 Å². The molecule has 0 saturated heterocycles. The van der Waals surface area contributed by atoms with Crippen LogP contribution >= 0.6 is 11.6 Å². The smallest absolute Gasteiger partial charge is 0.310 e. The summed E-state index contributed by atoms with van der Waals surface area (Å²) in [6, 6.07) is 19.8. The van der Waals surface area contributed by atoms with Gasteiger partial charge in [-0.3, -0.25) is 9.59 Å². The standard InChI is InChI=1S/C23H17ClO4/c24-18-8-5-15(6-9-18)13-28-22(25)12-16-7-10-20-21(11-16)27-14-17-3-1-2-4-19(17)23(20)26/h1-11H,12-14H2. The summed E-state index contributed by atoms with van der Waals surface area (Å²) < 4.78 is 11.1. The van der Waals surface area contributed by atoms with Gasteiger partial charge in [0, 0.05) is 16.1 Å². The molecule has 1 aliphatic rings. The van der Waals surface area contributed by atoms with Gasteiger partial charge in [0.25, 0.3) is 0 Å². The first-order valence-corrected chi connectivity index (χ1v) is 9.26. The van der Waals surface area contributed by atoms with Crippen LogP contribution in [0.2, 0.25) is 5.02 Å². The van der Waals surface area contributed by atoms with Gasteiger partial charge >= 0.3 is 5.97 Å². The zero-order valence-electron chi connectivity index (χ0n) is 15.0. The van der Waals surface area contributed by atoms with Crippen molar-refractivity contribution in [1.29, 1.82) is 0 Å². The molecule has 4 nitrogen and oxygen atoms in total. The lowest BCUT2D eigenvalue weighted by Gasteiger charge is -2.09. The fraction of sp³-hybridized carbons (Fsp3) is 0.130. The third kappa shape index (κ3) is 3.92. The molecule has 0 saturated carbocycles. The van der Waals surface area contributed by atoms with Gasteiger partial charge in [-0.2, -0.15) is 0 Å². The van der Waals surface area contributed by atoms with E-state index in [1.54, 1.807) is 36.4 Å². The number of hydrogen-bond donors (Lipinski definition) is 0. The van der Waals surface area contributed by atoms with Gasteiger partial charge in [0.05, 0.1) is 12.0 Å². The molecule has 0 bridgehead atoms. The predicted octanol–water partition coefficient (Wildman–Crippen LogP) is 4.75. The molecule has 1 aliphatic heterocycles. The summed E-state index contributed by atoms with van der Waals surface area (Å²) in [4.78, 5) is 24.9. The highest BCUT2D eigenvalue weighted by atomic mass is 35.5. The second-order valence-electron chi connectivity index (χ2n) is 6.57. The number of esters is 1. The van der Waals surface area contributed by atoms with Crippen LogP contribution in [0.1, 0.15) is 32.6 Å². The highest BCUT2D eigenvalue weighted by molar-refractivity contribution is 6.30. The molecule has 0 aliphatic carbocycles. The topological polar surface area (TPSA) is 52.6 Å². The maximum Gasteiger partial charge on any atom is 0.310 e. The minimum absolute atomic E-state index is 0.0695. The number of ether oxygens (including phenoxy) is 2. The molecule has 0 amide bonds. The second-order valence-corrected chi connectivity index (χ2v) is 7.01. The molecule has 3 aromatic rings. The number of ketones is 1. The van der Waals surface area contributed by atoms with Gasteiger partial charge in [-0.15, -0.1) is 0 Å². The third-order valence-electron chi connectivity index (χ3n) is 4.60. The first-order chi connectivity index (χ1) is 13.6. The lowest BCUT2D eigenvalue weighted by molar-refractivity contribution is -0.144. The van der Waals surface area contributed by atoms with Crippen LogP contribution in [-0.2, 0) is 29.2 Å². The van der Waals surface area contributed by atoms with E-state index in [1.165, 1.54) is 0 Å². The fourth-order valence-electron chi connectivity index (χ4n) is 3.11. The Labute approximate surface area is 167 Å². The van der Waals surface area contributed by atoms with Gasteiger partial charge < -0.3 is 9.47 Å². The van der Waals surface area contributed by atoms with Gasteiger partial charge in [0.15, 0.2) is 5.78 Å². The van der Waals surface area contributed by atoms with Crippen molar-refractivity contribution in [2.24, 2.45) is 0 Å². The van der Waals surface area contributed by atoms with Gasteiger partial charge in [-0.1, -0.05) is 54.1 Å². The Kier molecular flexibility index (Phi) is 5.13. The van der Waals surface area contributed by atoms with Crippen molar-refractivity contribution in [1.82, 2.24) is 0 Å². The van der Waals surface area contributed by atoms with Crippen LogP contribution in [0.15, 0.2) is 66.7 Å². The summed E-state index contributed by atoms with van der Waals surface area (Å²) in [5.41, 5.74) is 3.61. The number of rotatable bonds is 4. The highest BCUT2D eigenvalue weighted by Crippen LogP contribution is 2.29. The summed E-state index contributed by atoms with van der Waals surface area (Å²) in [5.74, 6) is 0.0716. The Hall–Kier alpha value is -3.11. The summed E-state index contributed by atoms with van der Waals surface area (Å²) in [6.45, 7) is 0.505. The molecule has 0 radical (unpaired) electrons. The maximum absolute atomic E-state index is 12.8. The Balaban J connectivity index is 1.45. The molecule has 4 rings (SSSR count). The van der Waals surface area contributed by atoms with Crippen LogP contribution in [0.3, 0.4) is 0 Å². The Bertz CT molecular complexity index is 1040. The molecule has 0 fully saturated rings. The van der Waals surface area contributed by atoms with Crippen LogP contribution < -0.4 is 4.74 Å². The normalized spacial score (nSPS) is 12.4. The first kappa shape index (κ1) is 18.3. The highest BCUT2D eigenvalue weighted by Gasteiger charge is 2.22. The summed E-state index contributed by atoms with van der Waals surface area (Å²) in [6.07, 6.45) is 0.103. The SMILES string of the molecule is O=C(Cc1ccc2c(c1)OCc1ccccc1C2=O)OCc1ccc(Cl)cc1. The van der Waals surface area contributed by atoms with E-state index in [0.29, 0.717) is 28.5 Å². The maximum atomic E-state index is 12.8. The number of carbonyl (C=O) groups is 2. The average Bonchev–Trinajstić information content (AvgIpc) is 2.85. The molecule has 3 aromatic carbocycles. The number of benzene rings is 3. The molecular weight excluding hydrogens is 376 g/mol. The van der Waals surface area contributed by atoms with Crippen LogP contribution in [0.5, 0.6) is 5.75 Å². The summed E-state index contributed by atoms with van der Waals surface area (Å²) in [5, 5.41) is 0.636. The number of halogens is 1. The number of fused-ring (bicyclic) bond motifs is 2. The van der Waals surface area contributed by atoms with Crippen LogP contribution in [0, 0.1) is 0 Å². The van der Waals surface area contributed by atoms with Crippen molar-refractivity contribution in [2.75, 3.05) is 0 Å².